The number of aromatic nitrogens is 1. The maximum Gasteiger partial charge on any atom is 0.417 e. The Balaban J connectivity index is 1.68. The number of hydrogen-bond donors (Lipinski definition) is 0. The van der Waals surface area contributed by atoms with Crippen molar-refractivity contribution in [1.82, 2.24) is 4.98 Å². The van der Waals surface area contributed by atoms with Gasteiger partial charge < -0.3 is 4.74 Å². The first-order valence-electron chi connectivity index (χ1n) is 7.33. The number of benzene rings is 2. The van der Waals surface area contributed by atoms with Crippen molar-refractivity contribution in [1.29, 1.82) is 0 Å². The van der Waals surface area contributed by atoms with Gasteiger partial charge in [-0.2, -0.15) is 13.2 Å². The first kappa shape index (κ1) is 16.1. The van der Waals surface area contributed by atoms with Gasteiger partial charge in [-0.05, 0) is 42.0 Å². The summed E-state index contributed by atoms with van der Waals surface area (Å²) in [6.45, 7) is 0.457. The molecule has 0 aliphatic carbocycles. The zero-order valence-electron chi connectivity index (χ0n) is 12.6. The lowest BCUT2D eigenvalue weighted by Gasteiger charge is -2.09. The van der Waals surface area contributed by atoms with Gasteiger partial charge in [0, 0.05) is 11.8 Å². The van der Waals surface area contributed by atoms with E-state index in [-0.39, 0.29) is 0 Å². The van der Waals surface area contributed by atoms with Crippen LogP contribution in [0.25, 0.3) is 11.3 Å². The molecule has 1 heterocycles. The zero-order chi connectivity index (χ0) is 17.0. The quantitative estimate of drug-likeness (QED) is 0.644. The molecule has 0 saturated heterocycles. The van der Waals surface area contributed by atoms with Gasteiger partial charge in [-0.25, -0.2) is 0 Å². The van der Waals surface area contributed by atoms with Gasteiger partial charge in [-0.1, -0.05) is 30.3 Å². The van der Waals surface area contributed by atoms with Crippen molar-refractivity contribution < 1.29 is 17.9 Å². The highest BCUT2D eigenvalue weighted by atomic mass is 19.4. The summed E-state index contributed by atoms with van der Waals surface area (Å²) >= 11 is 0. The molecule has 0 aliphatic heterocycles. The molecular formula is C19H14F3NO. The van der Waals surface area contributed by atoms with Crippen LogP contribution >= 0.6 is 0 Å². The normalized spacial score (nSPS) is 11.3. The molecule has 24 heavy (non-hydrogen) atoms. The van der Waals surface area contributed by atoms with Crippen LogP contribution in [0.3, 0.4) is 0 Å². The predicted molar refractivity (Wildman–Crippen MR) is 85.4 cm³/mol. The Morgan fingerprint density at radius 2 is 1.54 bits per heavy atom. The van der Waals surface area contributed by atoms with Crippen LogP contribution in [0.4, 0.5) is 13.2 Å². The van der Waals surface area contributed by atoms with E-state index in [0.29, 0.717) is 18.1 Å². The maximum absolute atomic E-state index is 12.5. The highest BCUT2D eigenvalue weighted by molar-refractivity contribution is 5.60. The summed E-state index contributed by atoms with van der Waals surface area (Å²) in [7, 11) is 0. The molecule has 122 valence electrons. The third-order valence-corrected chi connectivity index (χ3v) is 3.49. The molecule has 0 amide bonds. The summed E-state index contributed by atoms with van der Waals surface area (Å²) in [5.74, 6) is 0.689. The highest BCUT2D eigenvalue weighted by Crippen LogP contribution is 2.30. The minimum Gasteiger partial charge on any atom is -0.489 e. The monoisotopic (exact) mass is 329 g/mol. The Morgan fingerprint density at radius 1 is 0.833 bits per heavy atom. The smallest absolute Gasteiger partial charge is 0.417 e. The van der Waals surface area contributed by atoms with E-state index in [1.165, 1.54) is 6.07 Å². The summed E-state index contributed by atoms with van der Waals surface area (Å²) in [5, 5.41) is 0. The number of rotatable bonds is 4. The average Bonchev–Trinajstić information content (AvgIpc) is 2.61. The number of alkyl halides is 3. The Kier molecular flexibility index (Phi) is 4.51. The molecule has 0 spiro atoms. The van der Waals surface area contributed by atoms with Crippen molar-refractivity contribution in [3.63, 3.8) is 0 Å². The minimum absolute atomic E-state index is 0.457. The molecule has 0 N–H and O–H groups in total. The Morgan fingerprint density at radius 3 is 2.12 bits per heavy atom. The van der Waals surface area contributed by atoms with Crippen molar-refractivity contribution in [2.75, 3.05) is 0 Å². The van der Waals surface area contributed by atoms with E-state index in [4.69, 9.17) is 4.74 Å². The molecule has 1 aromatic heterocycles. The van der Waals surface area contributed by atoms with E-state index >= 15 is 0 Å². The summed E-state index contributed by atoms with van der Waals surface area (Å²) in [6.07, 6.45) is -3.53. The predicted octanol–water partition coefficient (Wildman–Crippen LogP) is 5.35. The van der Waals surface area contributed by atoms with E-state index in [1.807, 2.05) is 30.3 Å². The van der Waals surface area contributed by atoms with Crippen molar-refractivity contribution in [3.8, 4) is 17.0 Å². The van der Waals surface area contributed by atoms with Crippen LogP contribution in [-0.2, 0) is 12.8 Å². The van der Waals surface area contributed by atoms with Gasteiger partial charge in [0.15, 0.2) is 0 Å². The number of ether oxygens (including phenoxy) is 1. The lowest BCUT2D eigenvalue weighted by atomic mass is 10.1. The first-order chi connectivity index (χ1) is 11.5. The van der Waals surface area contributed by atoms with Crippen LogP contribution < -0.4 is 4.74 Å². The van der Waals surface area contributed by atoms with Crippen LogP contribution in [0, 0.1) is 0 Å². The summed E-state index contributed by atoms with van der Waals surface area (Å²) < 4.78 is 43.3. The largest absolute Gasteiger partial charge is 0.489 e. The third-order valence-electron chi connectivity index (χ3n) is 3.49. The van der Waals surface area contributed by atoms with Crippen LogP contribution in [0.5, 0.6) is 5.75 Å². The van der Waals surface area contributed by atoms with E-state index in [9.17, 15) is 13.2 Å². The van der Waals surface area contributed by atoms with E-state index in [1.54, 1.807) is 24.3 Å². The Bertz CT molecular complexity index is 782. The number of halogens is 3. The molecule has 0 bridgehead atoms. The number of pyridine rings is 1. The van der Waals surface area contributed by atoms with Crippen molar-refractivity contribution in [2.45, 2.75) is 12.8 Å². The topological polar surface area (TPSA) is 22.1 Å². The van der Waals surface area contributed by atoms with Gasteiger partial charge in [0.2, 0.25) is 0 Å². The molecule has 0 radical (unpaired) electrons. The third kappa shape index (κ3) is 3.93. The second kappa shape index (κ2) is 6.74. The van der Waals surface area contributed by atoms with Gasteiger partial charge in [0.1, 0.15) is 12.4 Å². The fourth-order valence-corrected chi connectivity index (χ4v) is 2.20. The molecule has 2 nitrogen and oxygen atoms in total. The van der Waals surface area contributed by atoms with Gasteiger partial charge >= 0.3 is 6.18 Å². The van der Waals surface area contributed by atoms with Crippen LogP contribution in [0.2, 0.25) is 0 Å². The molecule has 2 aromatic carbocycles. The zero-order valence-corrected chi connectivity index (χ0v) is 12.6. The molecular weight excluding hydrogens is 315 g/mol. The fraction of sp³-hybridized carbons (Fsp3) is 0.105. The Labute approximate surface area is 137 Å². The van der Waals surface area contributed by atoms with Crippen molar-refractivity contribution in [2.24, 2.45) is 0 Å². The standard InChI is InChI=1S/C19H14F3NO/c20-19(21,22)16-8-11-18(23-12-16)15-6-9-17(10-7-15)24-13-14-4-2-1-3-5-14/h1-12H,13H2. The lowest BCUT2D eigenvalue weighted by Crippen LogP contribution is -2.05. The molecule has 5 heteroatoms. The van der Waals surface area contributed by atoms with Crippen molar-refractivity contribution >= 4 is 0 Å². The number of hydrogen-bond acceptors (Lipinski definition) is 2. The van der Waals surface area contributed by atoms with E-state index in [0.717, 1.165) is 23.4 Å². The van der Waals surface area contributed by atoms with Crippen LogP contribution in [-0.4, -0.2) is 4.98 Å². The summed E-state index contributed by atoms with van der Waals surface area (Å²) in [6, 6.07) is 19.3. The molecule has 3 aromatic rings. The van der Waals surface area contributed by atoms with E-state index in [2.05, 4.69) is 4.98 Å². The lowest BCUT2D eigenvalue weighted by molar-refractivity contribution is -0.137. The fourth-order valence-electron chi connectivity index (χ4n) is 2.20. The molecule has 0 fully saturated rings. The molecule has 0 saturated carbocycles. The summed E-state index contributed by atoms with van der Waals surface area (Å²) in [5.41, 5.74) is 1.52. The molecule has 0 unspecified atom stereocenters. The van der Waals surface area contributed by atoms with Gasteiger partial charge in [0.25, 0.3) is 0 Å². The minimum atomic E-state index is -4.37. The van der Waals surface area contributed by atoms with E-state index < -0.39 is 11.7 Å². The second-order valence-corrected chi connectivity index (χ2v) is 5.23. The van der Waals surface area contributed by atoms with Crippen LogP contribution in [0.1, 0.15) is 11.1 Å². The molecule has 0 atom stereocenters. The van der Waals surface area contributed by atoms with Gasteiger partial charge in [-0.15, -0.1) is 0 Å². The highest BCUT2D eigenvalue weighted by Gasteiger charge is 2.30. The SMILES string of the molecule is FC(F)(F)c1ccc(-c2ccc(OCc3ccccc3)cc2)nc1. The Hall–Kier alpha value is -2.82. The van der Waals surface area contributed by atoms with Crippen LogP contribution in [0.15, 0.2) is 72.9 Å². The first-order valence-corrected chi connectivity index (χ1v) is 7.33. The summed E-state index contributed by atoms with van der Waals surface area (Å²) in [4.78, 5) is 3.88. The van der Waals surface area contributed by atoms with Gasteiger partial charge in [-0.3, -0.25) is 4.98 Å². The average molecular weight is 329 g/mol. The molecule has 0 aliphatic rings. The van der Waals surface area contributed by atoms with Gasteiger partial charge in [0.05, 0.1) is 11.3 Å². The second-order valence-electron chi connectivity index (χ2n) is 5.23. The number of nitrogens with zero attached hydrogens (tertiary/aromatic N) is 1. The molecule has 3 rings (SSSR count). The maximum atomic E-state index is 12.5. The van der Waals surface area contributed by atoms with Crippen molar-refractivity contribution in [3.05, 3.63) is 84.1 Å².